The van der Waals surface area contributed by atoms with Crippen molar-refractivity contribution in [2.45, 2.75) is 288 Å². The van der Waals surface area contributed by atoms with Crippen molar-refractivity contribution in [2.24, 2.45) is 11.8 Å². The van der Waals surface area contributed by atoms with Gasteiger partial charge in [-0.15, -0.1) is 0 Å². The molecule has 0 unspecified atom stereocenters. The van der Waals surface area contributed by atoms with Gasteiger partial charge in [0.2, 0.25) is 14.2 Å². The molecule has 8 bridgehead atoms. The Bertz CT molecular complexity index is 2640. The summed E-state index contributed by atoms with van der Waals surface area (Å²) in [6, 6.07) is 0. The molecule has 0 amide bonds. The molecule has 7 rings (SSSR count). The van der Waals surface area contributed by atoms with Gasteiger partial charge in [0.25, 0.3) is 0 Å². The molecule has 4 saturated heterocycles. The van der Waals surface area contributed by atoms with Gasteiger partial charge in [-0.3, -0.25) is 0 Å². The summed E-state index contributed by atoms with van der Waals surface area (Å²) >= 11 is 0. The molecule has 5 aliphatic heterocycles. The number of nitrogens with zero attached hydrogens (tertiary/aromatic N) is 2. The van der Waals surface area contributed by atoms with E-state index in [-0.39, 0.29) is 78.2 Å². The Labute approximate surface area is 519 Å². The lowest BCUT2D eigenvalue weighted by molar-refractivity contribution is -0.297. The molecular formula is C69H110N2O13Si2. The van der Waals surface area contributed by atoms with Crippen molar-refractivity contribution in [2.75, 3.05) is 21.3 Å². The molecule has 2 aromatic rings. The lowest BCUT2D eigenvalue weighted by Crippen LogP contribution is -2.57. The van der Waals surface area contributed by atoms with Crippen LogP contribution in [0.3, 0.4) is 0 Å². The first-order valence-corrected chi connectivity index (χ1v) is 37.4. The van der Waals surface area contributed by atoms with Crippen LogP contribution in [-0.4, -0.2) is 127 Å². The minimum atomic E-state index is -2.43. The van der Waals surface area contributed by atoms with Gasteiger partial charge in [-0.05, 0) is 105 Å². The molecule has 482 valence electrons. The Morgan fingerprint density at radius 2 is 1.56 bits per heavy atom. The van der Waals surface area contributed by atoms with E-state index in [2.05, 4.69) is 128 Å². The van der Waals surface area contributed by atoms with Crippen LogP contribution in [0.1, 0.15) is 197 Å². The van der Waals surface area contributed by atoms with Crippen LogP contribution in [0.5, 0.6) is 0 Å². The van der Waals surface area contributed by atoms with Crippen LogP contribution in [0.25, 0.3) is 12.2 Å². The Hall–Kier alpha value is -3.60. The van der Waals surface area contributed by atoms with Gasteiger partial charge >= 0.3 is 5.97 Å². The number of hydrogen-bond acceptors (Lipinski definition) is 15. The molecule has 0 saturated carbocycles. The number of carbonyl (C=O) groups excluding carboxylic acids is 1. The highest BCUT2D eigenvalue weighted by atomic mass is 28.4. The molecule has 0 spiro atoms. The molecular weight excluding hydrogens is 1120 g/mol. The summed E-state index contributed by atoms with van der Waals surface area (Å²) < 4.78 is 79.9. The number of methoxy groups -OCH3 is 3. The zero-order chi connectivity index (χ0) is 62.9. The zero-order valence-corrected chi connectivity index (χ0v) is 58.0. The van der Waals surface area contributed by atoms with Crippen LogP contribution in [0.4, 0.5) is 0 Å². The molecule has 86 heavy (non-hydrogen) atoms. The quantitative estimate of drug-likeness (QED) is 0.0532. The molecule has 0 N–H and O–H groups in total. The van der Waals surface area contributed by atoms with E-state index in [0.29, 0.717) is 72.6 Å². The highest BCUT2D eigenvalue weighted by Gasteiger charge is 2.52. The fourth-order valence-electron chi connectivity index (χ4n) is 14.1. The minimum Gasteiger partial charge on any atom is -0.458 e. The third-order valence-electron chi connectivity index (χ3n) is 19.6. The maximum Gasteiger partial charge on any atom is 0.330 e. The fourth-order valence-corrected chi connectivity index (χ4v) is 21.0. The second-order valence-corrected chi connectivity index (χ2v) is 38.3. The summed E-state index contributed by atoms with van der Waals surface area (Å²) in [5, 5.41) is 0.0553. The second kappa shape index (κ2) is 30.5. The Morgan fingerprint density at radius 3 is 2.22 bits per heavy atom. The van der Waals surface area contributed by atoms with Crippen molar-refractivity contribution in [1.82, 2.24) is 9.97 Å². The summed E-state index contributed by atoms with van der Waals surface area (Å²) in [4.78, 5) is 23.9. The molecule has 2 aromatic heterocycles. The number of ether oxygens (including phenoxy) is 8. The number of aromatic nitrogens is 2. The topological polar surface area (TPSA) is 161 Å². The Balaban J connectivity index is 1.14. The largest absolute Gasteiger partial charge is 0.458 e. The van der Waals surface area contributed by atoms with Crippen molar-refractivity contribution in [3.05, 3.63) is 95.4 Å². The highest BCUT2D eigenvalue weighted by Crippen LogP contribution is 2.47. The van der Waals surface area contributed by atoms with E-state index < -0.39 is 46.7 Å². The highest BCUT2D eigenvalue weighted by molar-refractivity contribution is 6.77. The number of allylic oxidation sites excluding steroid dienone is 2. The molecule has 15 atom stereocenters. The summed E-state index contributed by atoms with van der Waals surface area (Å²) in [6.45, 7) is 40.3. The van der Waals surface area contributed by atoms with Crippen LogP contribution < -0.4 is 0 Å². The third-order valence-corrected chi connectivity index (χ3v) is 30.2. The van der Waals surface area contributed by atoms with Crippen LogP contribution >= 0.6 is 0 Å². The summed E-state index contributed by atoms with van der Waals surface area (Å²) in [5.74, 6) is -0.962. The van der Waals surface area contributed by atoms with Crippen molar-refractivity contribution in [3.63, 3.8) is 0 Å². The molecule has 4 fully saturated rings. The standard InChI is InChI=1S/C69H110N2O13Si2/c1-21-24-52(73-16)30-29-46(8)33-62(84-86(43(2)3,44(4)5)45(6)7)61-38-57(74-17)39-69(75-18,82-61)40-64-70-51(41-76-64)34-48(10)66-50(12)67-49(11)59(80-66)26-23-27-63-71-58(42-77-63)60-37-56(83-85(19,20)68(13,14)15)36-55(79-60)35-54-32-47(9)31-53(78-54)25-22-28-65(72)81-67/h22-23,27-30,33-34,41-45,49-50,52-57,59-62,66-67H,9,21,24-26,31-32,35-40H2,1-8,10-20H3/b27-23+,28-22-,30-29+,46-33+,48-34+/t49-,50-,52+,53-,54+,55+,56+,57+,59+,60+,61+,62-,66-,67-,69-/m0/s1. The first-order chi connectivity index (χ1) is 40.6. The maximum atomic E-state index is 13.9. The SMILES string of the molecule is C=C1C[C@@H]2C[C@@H]3C[C@@H](O[Si](C)(C)C(C)(C)C)C[C@@H](O3)c3coc(n3)/C=C/C[C@H]3O[C@@H](/C(C)=C/c4coc(C[C@]5(OC)C[C@H](OC)C[C@H]([C@H](/C=C(C)/C=C/[C@@H](CCC)OC)O[Si](C(C)C)(C(C)C)C(C)C)O5)n4)[C@H](C)[C@@H](OC(=O)/C=C\C[C@@H](C1)O2)[C@H]3C. The van der Waals surface area contributed by atoms with Crippen LogP contribution in [0.15, 0.2) is 81.1 Å². The minimum absolute atomic E-state index is 0.000901. The summed E-state index contributed by atoms with van der Waals surface area (Å²) in [7, 11) is 0.673. The first-order valence-electron chi connectivity index (χ1n) is 32.4. The number of carbonyl (C=O) groups is 1. The molecule has 17 heteroatoms. The lowest BCUT2D eigenvalue weighted by atomic mass is 9.79. The monoisotopic (exact) mass is 1230 g/mol. The maximum absolute atomic E-state index is 13.9. The fraction of sp³-hybridized carbons (Fsp3) is 0.725. The predicted molar refractivity (Wildman–Crippen MR) is 344 cm³/mol. The number of esters is 1. The van der Waals surface area contributed by atoms with Gasteiger partial charge in [-0.1, -0.05) is 138 Å². The van der Waals surface area contributed by atoms with Gasteiger partial charge in [0.1, 0.15) is 36.1 Å². The van der Waals surface area contributed by atoms with Gasteiger partial charge in [0.15, 0.2) is 20.0 Å². The van der Waals surface area contributed by atoms with Crippen LogP contribution in [0, 0.1) is 11.8 Å². The number of fused-ring (bicyclic) bond motifs is 9. The average Bonchev–Trinajstić information content (AvgIpc) is 3.21. The van der Waals surface area contributed by atoms with E-state index in [1.54, 1.807) is 39.9 Å². The number of rotatable bonds is 20. The van der Waals surface area contributed by atoms with Gasteiger partial charge in [-0.2, -0.15) is 0 Å². The van der Waals surface area contributed by atoms with Gasteiger partial charge < -0.3 is 55.6 Å². The van der Waals surface area contributed by atoms with Crippen molar-refractivity contribution in [1.29, 1.82) is 0 Å². The van der Waals surface area contributed by atoms with Crippen molar-refractivity contribution in [3.8, 4) is 0 Å². The molecule has 0 radical (unpaired) electrons. The molecule has 7 heterocycles. The summed E-state index contributed by atoms with van der Waals surface area (Å²) in [6.07, 6.45) is 24.5. The molecule has 15 nitrogen and oxygen atoms in total. The molecule has 5 aliphatic rings. The van der Waals surface area contributed by atoms with Crippen LogP contribution in [-0.2, 0) is 58.0 Å². The van der Waals surface area contributed by atoms with E-state index in [1.165, 1.54) is 0 Å². The average molecular weight is 1230 g/mol. The van der Waals surface area contributed by atoms with E-state index in [4.69, 9.17) is 65.5 Å². The second-order valence-electron chi connectivity index (χ2n) is 28.1. The zero-order valence-electron chi connectivity index (χ0n) is 56.0. The Morgan fingerprint density at radius 1 is 0.849 bits per heavy atom. The van der Waals surface area contributed by atoms with E-state index >= 15 is 0 Å². The Kier molecular flexibility index (Phi) is 24.8. The molecule has 0 aromatic carbocycles. The number of oxazole rings is 2. The van der Waals surface area contributed by atoms with Crippen LogP contribution in [0.2, 0.25) is 34.8 Å². The third kappa shape index (κ3) is 17.7. The van der Waals surface area contributed by atoms with Crippen molar-refractivity contribution >= 4 is 34.8 Å². The lowest BCUT2D eigenvalue weighted by Gasteiger charge is -2.49. The first kappa shape index (κ1) is 69.9. The smallest absolute Gasteiger partial charge is 0.330 e. The predicted octanol–water partition coefficient (Wildman–Crippen LogP) is 16.1. The summed E-state index contributed by atoms with van der Waals surface area (Å²) in [5.41, 5.74) is 5.55. The van der Waals surface area contributed by atoms with Crippen molar-refractivity contribution < 1.29 is 60.4 Å². The normalized spacial score (nSPS) is 32.1. The van der Waals surface area contributed by atoms with E-state index in [1.807, 2.05) is 31.2 Å². The van der Waals surface area contributed by atoms with E-state index in [0.717, 1.165) is 54.5 Å². The number of hydrogen-bond donors (Lipinski definition) is 0. The van der Waals surface area contributed by atoms with Gasteiger partial charge in [0.05, 0.1) is 67.5 Å². The van der Waals surface area contributed by atoms with Gasteiger partial charge in [-0.25, -0.2) is 14.8 Å². The van der Waals surface area contributed by atoms with E-state index in [9.17, 15) is 4.79 Å². The van der Waals surface area contributed by atoms with Gasteiger partial charge in [0, 0.05) is 64.9 Å². The molecule has 0 aliphatic carbocycles.